The van der Waals surface area contributed by atoms with Crippen LogP contribution in [0.4, 0.5) is 0 Å². The van der Waals surface area contributed by atoms with E-state index in [1.54, 1.807) is 6.92 Å². The molecule has 0 radical (unpaired) electrons. The zero-order chi connectivity index (χ0) is 8.48. The Labute approximate surface area is 66.3 Å². The first-order valence-corrected chi connectivity index (χ1v) is 3.88. The van der Waals surface area contributed by atoms with Crippen LogP contribution in [0.25, 0.3) is 0 Å². The lowest BCUT2D eigenvalue weighted by atomic mass is 9.80. The Kier molecular flexibility index (Phi) is 1.98. The molecule has 0 aliphatic heterocycles. The van der Waals surface area contributed by atoms with Crippen LogP contribution < -0.4 is 0 Å². The SMILES string of the molecule is CC1C=CCCC1(C)[N+](=O)[O-]. The second-order valence-corrected chi connectivity index (χ2v) is 3.37. The van der Waals surface area contributed by atoms with E-state index in [1.165, 1.54) is 0 Å². The van der Waals surface area contributed by atoms with Gasteiger partial charge in [-0.25, -0.2) is 0 Å². The number of hydrogen-bond donors (Lipinski definition) is 0. The van der Waals surface area contributed by atoms with E-state index in [4.69, 9.17) is 0 Å². The van der Waals surface area contributed by atoms with Crippen molar-refractivity contribution in [1.29, 1.82) is 0 Å². The minimum absolute atomic E-state index is 0.0613. The molecule has 0 amide bonds. The molecular formula is C8H13NO2. The van der Waals surface area contributed by atoms with E-state index in [-0.39, 0.29) is 10.8 Å². The fourth-order valence-electron chi connectivity index (χ4n) is 1.37. The van der Waals surface area contributed by atoms with Crippen LogP contribution in [-0.2, 0) is 0 Å². The maximum Gasteiger partial charge on any atom is 0.225 e. The van der Waals surface area contributed by atoms with Crippen LogP contribution in [-0.4, -0.2) is 10.5 Å². The molecule has 0 aromatic carbocycles. The molecule has 0 spiro atoms. The van der Waals surface area contributed by atoms with Crippen molar-refractivity contribution in [3.05, 3.63) is 22.3 Å². The monoisotopic (exact) mass is 155 g/mol. The van der Waals surface area contributed by atoms with Crippen LogP contribution in [0.1, 0.15) is 26.7 Å². The first-order valence-electron chi connectivity index (χ1n) is 3.88. The number of allylic oxidation sites excluding steroid dienone is 1. The Morgan fingerprint density at radius 3 is 2.73 bits per heavy atom. The van der Waals surface area contributed by atoms with E-state index >= 15 is 0 Å². The van der Waals surface area contributed by atoms with Crippen molar-refractivity contribution in [2.75, 3.05) is 0 Å². The Hall–Kier alpha value is -0.860. The average Bonchev–Trinajstić information content (AvgIpc) is 1.95. The fourth-order valence-corrected chi connectivity index (χ4v) is 1.37. The van der Waals surface area contributed by atoms with Gasteiger partial charge in [0.1, 0.15) is 0 Å². The molecule has 0 aromatic rings. The summed E-state index contributed by atoms with van der Waals surface area (Å²) in [5.41, 5.74) is -0.727. The van der Waals surface area contributed by atoms with Gasteiger partial charge in [-0.15, -0.1) is 0 Å². The zero-order valence-electron chi connectivity index (χ0n) is 6.91. The molecule has 0 bridgehead atoms. The van der Waals surface area contributed by atoms with E-state index in [9.17, 15) is 10.1 Å². The van der Waals surface area contributed by atoms with E-state index in [0.717, 1.165) is 6.42 Å². The normalized spacial score (nSPS) is 37.1. The van der Waals surface area contributed by atoms with Gasteiger partial charge in [0.25, 0.3) is 0 Å². The number of hydrogen-bond acceptors (Lipinski definition) is 2. The Morgan fingerprint density at radius 2 is 2.36 bits per heavy atom. The third kappa shape index (κ3) is 1.27. The summed E-state index contributed by atoms with van der Waals surface area (Å²) in [6, 6.07) is 0. The minimum Gasteiger partial charge on any atom is -0.264 e. The van der Waals surface area contributed by atoms with Crippen molar-refractivity contribution in [3.63, 3.8) is 0 Å². The number of rotatable bonds is 1. The molecule has 1 rings (SSSR count). The molecule has 0 fully saturated rings. The Bertz CT molecular complexity index is 200. The molecule has 0 saturated carbocycles. The van der Waals surface area contributed by atoms with Gasteiger partial charge >= 0.3 is 0 Å². The lowest BCUT2D eigenvalue weighted by Crippen LogP contribution is -2.41. The van der Waals surface area contributed by atoms with Gasteiger partial charge in [-0.3, -0.25) is 10.1 Å². The molecule has 0 aromatic heterocycles. The van der Waals surface area contributed by atoms with Gasteiger partial charge in [-0.05, 0) is 6.42 Å². The third-order valence-electron chi connectivity index (χ3n) is 2.64. The number of nitrogens with zero attached hydrogens (tertiary/aromatic N) is 1. The molecule has 0 heterocycles. The van der Waals surface area contributed by atoms with Crippen LogP contribution in [0.15, 0.2) is 12.2 Å². The minimum atomic E-state index is -0.727. The maximum absolute atomic E-state index is 10.7. The van der Waals surface area contributed by atoms with Crippen LogP contribution in [0.3, 0.4) is 0 Å². The Morgan fingerprint density at radius 1 is 1.73 bits per heavy atom. The highest BCUT2D eigenvalue weighted by Crippen LogP contribution is 2.31. The summed E-state index contributed by atoms with van der Waals surface area (Å²) in [5.74, 6) is 0.0613. The van der Waals surface area contributed by atoms with Gasteiger partial charge < -0.3 is 0 Å². The quantitative estimate of drug-likeness (QED) is 0.330. The topological polar surface area (TPSA) is 43.1 Å². The van der Waals surface area contributed by atoms with Gasteiger partial charge in [-0.2, -0.15) is 0 Å². The van der Waals surface area contributed by atoms with Crippen LogP contribution in [0.5, 0.6) is 0 Å². The summed E-state index contributed by atoms with van der Waals surface area (Å²) in [4.78, 5) is 10.5. The van der Waals surface area contributed by atoms with Crippen molar-refractivity contribution in [2.24, 2.45) is 5.92 Å². The van der Waals surface area contributed by atoms with Crippen LogP contribution in [0.2, 0.25) is 0 Å². The molecule has 3 nitrogen and oxygen atoms in total. The van der Waals surface area contributed by atoms with Gasteiger partial charge in [0, 0.05) is 24.2 Å². The second kappa shape index (κ2) is 2.64. The molecule has 1 aliphatic rings. The van der Waals surface area contributed by atoms with E-state index in [0.29, 0.717) is 6.42 Å². The van der Waals surface area contributed by atoms with E-state index < -0.39 is 5.54 Å². The highest BCUT2D eigenvalue weighted by Gasteiger charge is 2.42. The first-order chi connectivity index (χ1) is 5.07. The summed E-state index contributed by atoms with van der Waals surface area (Å²) >= 11 is 0. The molecule has 2 atom stereocenters. The van der Waals surface area contributed by atoms with Crippen molar-refractivity contribution in [2.45, 2.75) is 32.2 Å². The standard InChI is InChI=1S/C8H13NO2/c1-7-5-3-4-6-8(7,2)9(10)11/h3,5,7H,4,6H2,1-2H3. The lowest BCUT2D eigenvalue weighted by Gasteiger charge is -2.27. The second-order valence-electron chi connectivity index (χ2n) is 3.37. The van der Waals surface area contributed by atoms with Crippen LogP contribution in [0, 0.1) is 16.0 Å². The lowest BCUT2D eigenvalue weighted by molar-refractivity contribution is -0.574. The zero-order valence-corrected chi connectivity index (χ0v) is 6.91. The Balaban J connectivity index is 2.85. The van der Waals surface area contributed by atoms with Gasteiger partial charge in [0.15, 0.2) is 0 Å². The molecule has 0 N–H and O–H groups in total. The van der Waals surface area contributed by atoms with E-state index in [1.807, 2.05) is 19.1 Å². The summed E-state index contributed by atoms with van der Waals surface area (Å²) in [5, 5.41) is 10.7. The molecule has 62 valence electrons. The number of nitro groups is 1. The van der Waals surface area contributed by atoms with Gasteiger partial charge in [0.2, 0.25) is 5.54 Å². The summed E-state index contributed by atoms with van der Waals surface area (Å²) in [7, 11) is 0. The summed E-state index contributed by atoms with van der Waals surface area (Å²) in [6.45, 7) is 3.62. The largest absolute Gasteiger partial charge is 0.264 e. The highest BCUT2D eigenvalue weighted by molar-refractivity contribution is 5.01. The van der Waals surface area contributed by atoms with E-state index in [2.05, 4.69) is 0 Å². The van der Waals surface area contributed by atoms with Gasteiger partial charge in [-0.1, -0.05) is 19.1 Å². The predicted molar refractivity (Wildman–Crippen MR) is 42.9 cm³/mol. The van der Waals surface area contributed by atoms with Crippen LogP contribution >= 0.6 is 0 Å². The van der Waals surface area contributed by atoms with Gasteiger partial charge in [0.05, 0.1) is 0 Å². The molecule has 11 heavy (non-hydrogen) atoms. The maximum atomic E-state index is 10.7. The molecule has 0 saturated heterocycles. The molecule has 3 heteroatoms. The molecular weight excluding hydrogens is 142 g/mol. The molecule has 2 unspecified atom stereocenters. The third-order valence-corrected chi connectivity index (χ3v) is 2.64. The smallest absolute Gasteiger partial charge is 0.225 e. The van der Waals surface area contributed by atoms with Crippen molar-refractivity contribution in [1.82, 2.24) is 0 Å². The summed E-state index contributed by atoms with van der Waals surface area (Å²) < 4.78 is 0. The predicted octanol–water partition coefficient (Wildman–Crippen LogP) is 2.01. The van der Waals surface area contributed by atoms with Crippen molar-refractivity contribution >= 4 is 0 Å². The summed E-state index contributed by atoms with van der Waals surface area (Å²) in [6.07, 6.45) is 5.46. The van der Waals surface area contributed by atoms with Crippen molar-refractivity contribution in [3.8, 4) is 0 Å². The highest BCUT2D eigenvalue weighted by atomic mass is 16.6. The first kappa shape index (κ1) is 8.24. The van der Waals surface area contributed by atoms with Crippen molar-refractivity contribution < 1.29 is 4.92 Å². The molecule has 1 aliphatic carbocycles. The fraction of sp³-hybridized carbons (Fsp3) is 0.750. The average molecular weight is 155 g/mol.